The van der Waals surface area contributed by atoms with Crippen molar-refractivity contribution in [3.63, 3.8) is 0 Å². The third kappa shape index (κ3) is 4.15. The molecule has 1 rings (SSSR count). The Kier molecular flexibility index (Phi) is 5.69. The molecule has 98 valence electrons. The molecule has 17 heavy (non-hydrogen) atoms. The zero-order valence-corrected chi connectivity index (χ0v) is 12.0. The van der Waals surface area contributed by atoms with Gasteiger partial charge in [-0.2, -0.15) is 5.10 Å². The quantitative estimate of drug-likeness (QED) is 0.788. The van der Waals surface area contributed by atoms with Gasteiger partial charge in [-0.1, -0.05) is 26.7 Å². The molecular formula is C14H27N3. The van der Waals surface area contributed by atoms with Crippen molar-refractivity contribution in [3.05, 3.63) is 17.5 Å². The van der Waals surface area contributed by atoms with Crippen LogP contribution in [-0.4, -0.2) is 16.8 Å². The molecule has 0 aromatic carbocycles. The maximum atomic E-state index is 4.52. The molecular weight excluding hydrogens is 210 g/mol. The Labute approximate surface area is 106 Å². The van der Waals surface area contributed by atoms with E-state index in [9.17, 15) is 0 Å². The lowest BCUT2D eigenvalue weighted by molar-refractivity contribution is 0.443. The third-order valence-electron chi connectivity index (χ3n) is 3.21. The van der Waals surface area contributed by atoms with E-state index < -0.39 is 0 Å². The number of nitrogens with zero attached hydrogens (tertiary/aromatic N) is 2. The van der Waals surface area contributed by atoms with Crippen molar-refractivity contribution in [2.24, 2.45) is 5.92 Å². The van der Waals surface area contributed by atoms with Gasteiger partial charge < -0.3 is 5.32 Å². The zero-order valence-electron chi connectivity index (χ0n) is 12.0. The van der Waals surface area contributed by atoms with Crippen molar-refractivity contribution in [2.45, 2.75) is 59.5 Å². The van der Waals surface area contributed by atoms with Crippen molar-refractivity contribution in [2.75, 3.05) is 7.05 Å². The lowest BCUT2D eigenvalue weighted by Gasteiger charge is -2.17. The highest BCUT2D eigenvalue weighted by Gasteiger charge is 2.14. The molecule has 0 aliphatic heterocycles. The smallest absolute Gasteiger partial charge is 0.0597 e. The van der Waals surface area contributed by atoms with Crippen molar-refractivity contribution in [1.29, 1.82) is 0 Å². The standard InChI is InChI=1S/C14H27N3/c1-6-17-14(10-12(4)16-17)13(15-5)9-7-8-11(2)3/h10-11,13,15H,6-9H2,1-5H3. The fourth-order valence-corrected chi connectivity index (χ4v) is 2.27. The molecule has 1 heterocycles. The third-order valence-corrected chi connectivity index (χ3v) is 3.21. The summed E-state index contributed by atoms with van der Waals surface area (Å²) >= 11 is 0. The fraction of sp³-hybridized carbons (Fsp3) is 0.786. The van der Waals surface area contributed by atoms with Crippen LogP contribution in [0.3, 0.4) is 0 Å². The highest BCUT2D eigenvalue weighted by atomic mass is 15.3. The first-order chi connectivity index (χ1) is 8.08. The van der Waals surface area contributed by atoms with Crippen LogP contribution in [0.4, 0.5) is 0 Å². The normalized spacial score (nSPS) is 13.3. The second-order valence-electron chi connectivity index (χ2n) is 5.19. The Morgan fingerprint density at radius 3 is 2.59 bits per heavy atom. The molecule has 1 unspecified atom stereocenters. The first kappa shape index (κ1) is 14.2. The van der Waals surface area contributed by atoms with E-state index in [1.165, 1.54) is 25.0 Å². The maximum Gasteiger partial charge on any atom is 0.0597 e. The first-order valence-electron chi connectivity index (χ1n) is 6.80. The molecule has 1 atom stereocenters. The number of hydrogen-bond acceptors (Lipinski definition) is 2. The van der Waals surface area contributed by atoms with Gasteiger partial charge in [-0.05, 0) is 39.3 Å². The summed E-state index contributed by atoms with van der Waals surface area (Å²) in [5.41, 5.74) is 2.45. The number of aromatic nitrogens is 2. The molecule has 1 aromatic rings. The summed E-state index contributed by atoms with van der Waals surface area (Å²) in [7, 11) is 2.04. The van der Waals surface area contributed by atoms with E-state index in [1.807, 2.05) is 7.05 Å². The molecule has 0 bridgehead atoms. The molecule has 0 aliphatic carbocycles. The Bertz CT molecular complexity index is 328. The summed E-state index contributed by atoms with van der Waals surface area (Å²) in [6, 6.07) is 2.65. The average Bonchev–Trinajstić information content (AvgIpc) is 2.65. The van der Waals surface area contributed by atoms with Gasteiger partial charge in [0.2, 0.25) is 0 Å². The average molecular weight is 237 g/mol. The number of rotatable bonds is 7. The van der Waals surface area contributed by atoms with Crippen LogP contribution < -0.4 is 5.32 Å². The first-order valence-corrected chi connectivity index (χ1v) is 6.80. The van der Waals surface area contributed by atoms with Crippen LogP contribution in [0.15, 0.2) is 6.07 Å². The van der Waals surface area contributed by atoms with E-state index in [2.05, 4.69) is 48.9 Å². The predicted molar refractivity (Wildman–Crippen MR) is 73.1 cm³/mol. The molecule has 0 saturated carbocycles. The maximum absolute atomic E-state index is 4.52. The van der Waals surface area contributed by atoms with Crippen LogP contribution in [0.5, 0.6) is 0 Å². The second kappa shape index (κ2) is 6.80. The van der Waals surface area contributed by atoms with Gasteiger partial charge in [0.25, 0.3) is 0 Å². The molecule has 0 fully saturated rings. The number of hydrogen-bond donors (Lipinski definition) is 1. The SMILES string of the molecule is CCn1nc(C)cc1C(CCCC(C)C)NC. The Morgan fingerprint density at radius 1 is 1.35 bits per heavy atom. The minimum absolute atomic E-state index is 0.440. The molecule has 3 heteroatoms. The fourth-order valence-electron chi connectivity index (χ4n) is 2.27. The zero-order chi connectivity index (χ0) is 12.8. The van der Waals surface area contributed by atoms with Crippen molar-refractivity contribution in [1.82, 2.24) is 15.1 Å². The van der Waals surface area contributed by atoms with Gasteiger partial charge in [0.1, 0.15) is 0 Å². The Balaban J connectivity index is 2.65. The molecule has 0 aliphatic rings. The van der Waals surface area contributed by atoms with Gasteiger partial charge in [0.05, 0.1) is 11.4 Å². The van der Waals surface area contributed by atoms with E-state index in [0.717, 1.165) is 18.2 Å². The van der Waals surface area contributed by atoms with Crippen molar-refractivity contribution in [3.8, 4) is 0 Å². The summed E-state index contributed by atoms with van der Waals surface area (Å²) in [5.74, 6) is 0.797. The second-order valence-corrected chi connectivity index (χ2v) is 5.19. The molecule has 0 amide bonds. The number of nitrogens with one attached hydrogen (secondary N) is 1. The molecule has 1 N–H and O–H groups in total. The minimum atomic E-state index is 0.440. The lowest BCUT2D eigenvalue weighted by atomic mass is 10.0. The number of aryl methyl sites for hydroxylation is 2. The van der Waals surface area contributed by atoms with Crippen LogP contribution in [0, 0.1) is 12.8 Å². The molecule has 0 saturated heterocycles. The molecule has 0 radical (unpaired) electrons. The lowest BCUT2D eigenvalue weighted by Crippen LogP contribution is -2.20. The highest BCUT2D eigenvalue weighted by Crippen LogP contribution is 2.21. The van der Waals surface area contributed by atoms with E-state index in [4.69, 9.17) is 0 Å². The Hall–Kier alpha value is -0.830. The van der Waals surface area contributed by atoms with E-state index in [0.29, 0.717) is 6.04 Å². The van der Waals surface area contributed by atoms with E-state index in [-0.39, 0.29) is 0 Å². The van der Waals surface area contributed by atoms with Gasteiger partial charge in [0.15, 0.2) is 0 Å². The van der Waals surface area contributed by atoms with E-state index >= 15 is 0 Å². The van der Waals surface area contributed by atoms with Gasteiger partial charge in [0, 0.05) is 12.6 Å². The highest BCUT2D eigenvalue weighted by molar-refractivity contribution is 5.13. The summed E-state index contributed by atoms with van der Waals surface area (Å²) in [4.78, 5) is 0. The monoisotopic (exact) mass is 237 g/mol. The largest absolute Gasteiger partial charge is 0.312 e. The predicted octanol–water partition coefficient (Wildman–Crippen LogP) is 3.30. The summed E-state index contributed by atoms with van der Waals surface area (Å²) in [6.45, 7) is 9.74. The van der Waals surface area contributed by atoms with Crippen LogP contribution in [0.25, 0.3) is 0 Å². The van der Waals surface area contributed by atoms with Crippen LogP contribution in [-0.2, 0) is 6.54 Å². The van der Waals surface area contributed by atoms with Crippen LogP contribution in [0.2, 0.25) is 0 Å². The summed E-state index contributed by atoms with van der Waals surface area (Å²) < 4.78 is 2.12. The summed E-state index contributed by atoms with van der Waals surface area (Å²) in [6.07, 6.45) is 3.77. The molecule has 0 spiro atoms. The molecule has 1 aromatic heterocycles. The van der Waals surface area contributed by atoms with Gasteiger partial charge in [-0.15, -0.1) is 0 Å². The van der Waals surface area contributed by atoms with Crippen molar-refractivity contribution < 1.29 is 0 Å². The van der Waals surface area contributed by atoms with Crippen molar-refractivity contribution >= 4 is 0 Å². The van der Waals surface area contributed by atoms with Crippen LogP contribution >= 0.6 is 0 Å². The van der Waals surface area contributed by atoms with Crippen LogP contribution in [0.1, 0.15) is 57.5 Å². The molecule has 3 nitrogen and oxygen atoms in total. The summed E-state index contributed by atoms with van der Waals surface area (Å²) in [5, 5.41) is 7.94. The topological polar surface area (TPSA) is 29.9 Å². The van der Waals surface area contributed by atoms with Gasteiger partial charge in [-0.3, -0.25) is 4.68 Å². The van der Waals surface area contributed by atoms with Gasteiger partial charge in [-0.25, -0.2) is 0 Å². The minimum Gasteiger partial charge on any atom is -0.312 e. The van der Waals surface area contributed by atoms with E-state index in [1.54, 1.807) is 0 Å². The van der Waals surface area contributed by atoms with Gasteiger partial charge >= 0.3 is 0 Å². The Morgan fingerprint density at radius 2 is 2.06 bits per heavy atom.